The van der Waals surface area contributed by atoms with Gasteiger partial charge in [-0.1, -0.05) is 82.8 Å². The van der Waals surface area contributed by atoms with Gasteiger partial charge in [0.1, 0.15) is 0 Å². The van der Waals surface area contributed by atoms with E-state index in [1.165, 1.54) is 18.4 Å². The van der Waals surface area contributed by atoms with E-state index in [0.29, 0.717) is 32.2 Å². The van der Waals surface area contributed by atoms with Crippen LogP contribution in [0.5, 0.6) is 0 Å². The topological polar surface area (TPSA) is 23.6 Å². The van der Waals surface area contributed by atoms with Crippen LogP contribution in [0.15, 0.2) is 66.7 Å². The summed E-state index contributed by atoms with van der Waals surface area (Å²) < 4.78 is 0. The minimum absolute atomic E-state index is 0.108. The van der Waals surface area contributed by atoms with Crippen LogP contribution in [0.1, 0.15) is 46.7 Å². The standard InChI is InChI=1S/C30H32Cl4N2O/c1-35(30(37)26-9-8-25(31)19-28(26)33)20-24(23-7-10-27(32)29(34)18-23)13-16-36-14-11-22(12-15-36)17-21-5-3-2-4-6-21/h2-10,18-19,22,24H,11-17,20H2,1H3. The molecule has 0 spiro atoms. The smallest absolute Gasteiger partial charge is 0.255 e. The van der Waals surface area contributed by atoms with Crippen LogP contribution in [-0.4, -0.2) is 48.9 Å². The van der Waals surface area contributed by atoms with Crippen molar-refractivity contribution >= 4 is 52.3 Å². The minimum Gasteiger partial charge on any atom is -0.341 e. The summed E-state index contributed by atoms with van der Waals surface area (Å²) in [6.45, 7) is 3.70. The molecule has 1 aliphatic heterocycles. The zero-order valence-corrected chi connectivity index (χ0v) is 24.0. The van der Waals surface area contributed by atoms with Crippen LogP contribution >= 0.6 is 46.4 Å². The van der Waals surface area contributed by atoms with Gasteiger partial charge in [-0.15, -0.1) is 0 Å². The van der Waals surface area contributed by atoms with Crippen LogP contribution in [0.3, 0.4) is 0 Å². The molecular formula is C30H32Cl4N2O. The van der Waals surface area contributed by atoms with E-state index in [1.54, 1.807) is 23.1 Å². The normalized spacial score (nSPS) is 15.5. The number of amides is 1. The first-order valence-corrected chi connectivity index (χ1v) is 14.2. The van der Waals surface area contributed by atoms with Gasteiger partial charge in [0.2, 0.25) is 0 Å². The maximum Gasteiger partial charge on any atom is 0.255 e. The number of likely N-dealkylation sites (N-methyl/N-ethyl adjacent to an activating group) is 1. The number of hydrogen-bond acceptors (Lipinski definition) is 2. The van der Waals surface area contributed by atoms with Crippen molar-refractivity contribution in [2.75, 3.05) is 33.2 Å². The van der Waals surface area contributed by atoms with Crippen molar-refractivity contribution in [1.29, 1.82) is 0 Å². The average Bonchev–Trinajstić information content (AvgIpc) is 2.89. The van der Waals surface area contributed by atoms with Crippen molar-refractivity contribution < 1.29 is 4.79 Å². The predicted octanol–water partition coefficient (Wildman–Crippen LogP) is 8.50. The Hall–Kier alpha value is -1.75. The number of piperidine rings is 1. The summed E-state index contributed by atoms with van der Waals surface area (Å²) in [5.41, 5.74) is 2.95. The Morgan fingerprint density at radius 1 is 0.919 bits per heavy atom. The van der Waals surface area contributed by atoms with E-state index in [1.807, 2.05) is 25.2 Å². The van der Waals surface area contributed by atoms with Crippen LogP contribution in [0, 0.1) is 5.92 Å². The van der Waals surface area contributed by atoms with Crippen molar-refractivity contribution in [2.24, 2.45) is 5.92 Å². The molecule has 0 N–H and O–H groups in total. The van der Waals surface area contributed by atoms with Crippen molar-refractivity contribution in [3.8, 4) is 0 Å². The molecule has 1 heterocycles. The van der Waals surface area contributed by atoms with Crippen LogP contribution in [0.2, 0.25) is 20.1 Å². The molecule has 1 fully saturated rings. The number of carbonyl (C=O) groups is 1. The molecular weight excluding hydrogens is 546 g/mol. The predicted molar refractivity (Wildman–Crippen MR) is 157 cm³/mol. The number of hydrogen-bond donors (Lipinski definition) is 0. The second kappa shape index (κ2) is 13.4. The SMILES string of the molecule is CN(CC(CCN1CCC(Cc2ccccc2)CC1)c1ccc(Cl)c(Cl)c1)C(=O)c1ccc(Cl)cc1Cl. The van der Waals surface area contributed by atoms with Gasteiger partial charge in [0.05, 0.1) is 20.6 Å². The van der Waals surface area contributed by atoms with Gasteiger partial charge in [-0.3, -0.25) is 4.79 Å². The Morgan fingerprint density at radius 2 is 1.65 bits per heavy atom. The quantitative estimate of drug-likeness (QED) is 0.254. The van der Waals surface area contributed by atoms with Crippen molar-refractivity contribution in [3.05, 3.63) is 104 Å². The molecule has 3 aromatic carbocycles. The highest BCUT2D eigenvalue weighted by Crippen LogP contribution is 2.31. The lowest BCUT2D eigenvalue weighted by atomic mass is 9.89. The molecule has 37 heavy (non-hydrogen) atoms. The van der Waals surface area contributed by atoms with Gasteiger partial charge in [-0.05, 0) is 92.7 Å². The lowest BCUT2D eigenvalue weighted by Gasteiger charge is -2.33. The fourth-order valence-electron chi connectivity index (χ4n) is 5.11. The minimum atomic E-state index is -0.131. The number of carbonyl (C=O) groups excluding carboxylic acids is 1. The Labute approximate surface area is 240 Å². The zero-order chi connectivity index (χ0) is 26.4. The fourth-order valence-corrected chi connectivity index (χ4v) is 5.91. The maximum absolute atomic E-state index is 13.2. The van der Waals surface area contributed by atoms with Gasteiger partial charge in [-0.25, -0.2) is 0 Å². The van der Waals surface area contributed by atoms with Crippen molar-refractivity contribution in [3.63, 3.8) is 0 Å². The Kier molecular flexibility index (Phi) is 10.2. The van der Waals surface area contributed by atoms with Crippen LogP contribution in [0.4, 0.5) is 0 Å². The number of nitrogens with zero attached hydrogens (tertiary/aromatic N) is 2. The van der Waals surface area contributed by atoms with Crippen LogP contribution in [-0.2, 0) is 6.42 Å². The molecule has 0 aliphatic carbocycles. The first-order valence-electron chi connectivity index (χ1n) is 12.7. The molecule has 1 saturated heterocycles. The molecule has 3 aromatic rings. The van der Waals surface area contributed by atoms with E-state index >= 15 is 0 Å². The van der Waals surface area contributed by atoms with Gasteiger partial charge in [0, 0.05) is 24.5 Å². The molecule has 0 saturated carbocycles. The lowest BCUT2D eigenvalue weighted by molar-refractivity contribution is 0.0781. The molecule has 1 unspecified atom stereocenters. The fraction of sp³-hybridized carbons (Fsp3) is 0.367. The van der Waals surface area contributed by atoms with Gasteiger partial charge >= 0.3 is 0 Å². The number of rotatable bonds is 9. The third-order valence-corrected chi connectivity index (χ3v) is 8.57. The molecule has 0 bridgehead atoms. The molecule has 3 nitrogen and oxygen atoms in total. The molecule has 1 aliphatic rings. The number of halogens is 4. The van der Waals surface area contributed by atoms with Crippen molar-refractivity contribution in [1.82, 2.24) is 9.80 Å². The third-order valence-electron chi connectivity index (χ3n) is 7.29. The van der Waals surface area contributed by atoms with Crippen LogP contribution in [0.25, 0.3) is 0 Å². The van der Waals surface area contributed by atoms with E-state index < -0.39 is 0 Å². The van der Waals surface area contributed by atoms with Crippen molar-refractivity contribution in [2.45, 2.75) is 31.6 Å². The second-order valence-electron chi connectivity index (χ2n) is 9.94. The summed E-state index contributed by atoms with van der Waals surface area (Å²) in [7, 11) is 1.81. The zero-order valence-electron chi connectivity index (χ0n) is 21.0. The highest BCUT2D eigenvalue weighted by Gasteiger charge is 2.24. The van der Waals surface area contributed by atoms with E-state index in [2.05, 4.69) is 35.2 Å². The Morgan fingerprint density at radius 3 is 2.32 bits per heavy atom. The largest absolute Gasteiger partial charge is 0.341 e. The number of likely N-dealkylation sites (tertiary alicyclic amines) is 1. The average molecular weight is 578 g/mol. The first-order chi connectivity index (χ1) is 17.8. The highest BCUT2D eigenvalue weighted by molar-refractivity contribution is 6.42. The Balaban J connectivity index is 1.39. The molecule has 1 amide bonds. The molecule has 1 atom stereocenters. The first kappa shape index (κ1) is 28.3. The Bertz CT molecular complexity index is 1200. The van der Waals surface area contributed by atoms with E-state index in [-0.39, 0.29) is 11.8 Å². The summed E-state index contributed by atoms with van der Waals surface area (Å²) in [5, 5.41) is 1.92. The van der Waals surface area contributed by atoms with Gasteiger partial charge in [-0.2, -0.15) is 0 Å². The molecule has 0 aromatic heterocycles. The summed E-state index contributed by atoms with van der Waals surface area (Å²) in [4.78, 5) is 17.5. The summed E-state index contributed by atoms with van der Waals surface area (Å²) in [6, 6.07) is 21.5. The van der Waals surface area contributed by atoms with E-state index in [4.69, 9.17) is 46.4 Å². The molecule has 7 heteroatoms. The van der Waals surface area contributed by atoms with Crippen LogP contribution < -0.4 is 0 Å². The monoisotopic (exact) mass is 576 g/mol. The summed E-state index contributed by atoms with van der Waals surface area (Å²) in [6.07, 6.45) is 4.48. The summed E-state index contributed by atoms with van der Waals surface area (Å²) >= 11 is 24.9. The van der Waals surface area contributed by atoms with E-state index in [0.717, 1.165) is 44.0 Å². The summed E-state index contributed by atoms with van der Waals surface area (Å²) in [5.74, 6) is 0.711. The van der Waals surface area contributed by atoms with Gasteiger partial charge in [0.15, 0.2) is 0 Å². The number of benzene rings is 3. The van der Waals surface area contributed by atoms with Gasteiger partial charge in [0.25, 0.3) is 5.91 Å². The highest BCUT2D eigenvalue weighted by atomic mass is 35.5. The van der Waals surface area contributed by atoms with E-state index in [9.17, 15) is 4.79 Å². The molecule has 0 radical (unpaired) electrons. The maximum atomic E-state index is 13.2. The third kappa shape index (κ3) is 7.88. The molecule has 4 rings (SSSR count). The van der Waals surface area contributed by atoms with Gasteiger partial charge < -0.3 is 9.80 Å². The lowest BCUT2D eigenvalue weighted by Crippen LogP contribution is -2.37. The second-order valence-corrected chi connectivity index (χ2v) is 11.6. The molecule has 196 valence electrons.